The van der Waals surface area contributed by atoms with E-state index in [2.05, 4.69) is 26.6 Å². The Morgan fingerprint density at radius 3 is 2.42 bits per heavy atom. The van der Waals surface area contributed by atoms with Crippen molar-refractivity contribution in [3.8, 4) is 0 Å². The maximum absolute atomic E-state index is 13.2. The number of aromatic nitrogens is 1. The first-order chi connectivity index (χ1) is 12.3. The number of benzene rings is 1. The molecule has 0 spiro atoms. The van der Waals surface area contributed by atoms with E-state index < -0.39 is 21.7 Å². The number of hydrogen-bond donors (Lipinski definition) is 1. The van der Waals surface area contributed by atoms with Gasteiger partial charge in [-0.25, -0.2) is 22.2 Å². The highest BCUT2D eigenvalue weighted by molar-refractivity contribution is 7.92. The van der Waals surface area contributed by atoms with Gasteiger partial charge in [0.05, 0.1) is 5.69 Å². The summed E-state index contributed by atoms with van der Waals surface area (Å²) in [5.41, 5.74) is -0.179. The van der Waals surface area contributed by atoms with E-state index in [-0.39, 0.29) is 10.6 Å². The molecular formula is C17H20F2N4O2S. The molecule has 1 aliphatic heterocycles. The molecule has 9 heteroatoms. The minimum absolute atomic E-state index is 0.0714. The lowest BCUT2D eigenvalue weighted by Crippen LogP contribution is -2.29. The van der Waals surface area contributed by atoms with Crippen molar-refractivity contribution in [2.75, 3.05) is 42.8 Å². The molecule has 0 saturated carbocycles. The number of rotatable bonds is 4. The first kappa shape index (κ1) is 18.5. The van der Waals surface area contributed by atoms with Crippen LogP contribution in [0, 0.1) is 11.6 Å². The van der Waals surface area contributed by atoms with Gasteiger partial charge >= 0.3 is 0 Å². The lowest BCUT2D eigenvalue weighted by Gasteiger charge is -2.21. The van der Waals surface area contributed by atoms with Crippen LogP contribution in [-0.4, -0.2) is 51.5 Å². The van der Waals surface area contributed by atoms with Crippen LogP contribution >= 0.6 is 0 Å². The highest BCUT2D eigenvalue weighted by atomic mass is 32.2. The molecule has 1 N–H and O–H groups in total. The Labute approximate surface area is 151 Å². The Kier molecular flexibility index (Phi) is 5.38. The summed E-state index contributed by atoms with van der Waals surface area (Å²) in [5, 5.41) is 0. The van der Waals surface area contributed by atoms with Crippen molar-refractivity contribution in [3.63, 3.8) is 0 Å². The molecule has 1 aromatic carbocycles. The molecule has 26 heavy (non-hydrogen) atoms. The molecule has 0 amide bonds. The second-order valence-electron chi connectivity index (χ2n) is 6.26. The summed E-state index contributed by atoms with van der Waals surface area (Å²) in [6.07, 6.45) is 2.26. The van der Waals surface area contributed by atoms with Gasteiger partial charge in [0.2, 0.25) is 0 Å². The van der Waals surface area contributed by atoms with Gasteiger partial charge in [-0.05, 0) is 44.3 Å². The molecular weight excluding hydrogens is 362 g/mol. The van der Waals surface area contributed by atoms with Crippen LogP contribution in [0.15, 0.2) is 41.4 Å². The SMILES string of the molecule is CN1CCCN(c2ccc(S(=O)(=O)Nc3cc(F)cc(F)c3)cn2)CC1. The minimum atomic E-state index is -3.98. The van der Waals surface area contributed by atoms with Gasteiger partial charge in [0.25, 0.3) is 10.0 Å². The molecule has 6 nitrogen and oxygen atoms in total. The van der Waals surface area contributed by atoms with Crippen molar-refractivity contribution >= 4 is 21.5 Å². The summed E-state index contributed by atoms with van der Waals surface area (Å²) < 4.78 is 53.4. The van der Waals surface area contributed by atoms with Crippen molar-refractivity contribution < 1.29 is 17.2 Å². The maximum atomic E-state index is 13.2. The first-order valence-corrected chi connectivity index (χ1v) is 9.70. The molecule has 0 aliphatic carbocycles. The van der Waals surface area contributed by atoms with Crippen molar-refractivity contribution in [1.29, 1.82) is 0 Å². The zero-order chi connectivity index (χ0) is 18.7. The van der Waals surface area contributed by atoms with Crippen LogP contribution in [0.1, 0.15) is 6.42 Å². The van der Waals surface area contributed by atoms with E-state index in [1.54, 1.807) is 6.07 Å². The number of nitrogens with zero attached hydrogens (tertiary/aromatic N) is 3. The van der Waals surface area contributed by atoms with E-state index in [1.807, 2.05) is 0 Å². The molecule has 2 heterocycles. The van der Waals surface area contributed by atoms with E-state index >= 15 is 0 Å². The zero-order valence-electron chi connectivity index (χ0n) is 14.3. The summed E-state index contributed by atoms with van der Waals surface area (Å²) >= 11 is 0. The molecule has 3 rings (SSSR count). The molecule has 2 aromatic rings. The van der Waals surface area contributed by atoms with Gasteiger partial charge in [0.15, 0.2) is 0 Å². The Morgan fingerprint density at radius 2 is 1.77 bits per heavy atom. The number of nitrogens with one attached hydrogen (secondary N) is 1. The zero-order valence-corrected chi connectivity index (χ0v) is 15.1. The summed E-state index contributed by atoms with van der Waals surface area (Å²) in [5.74, 6) is -1.01. The monoisotopic (exact) mass is 382 g/mol. The Hall–Kier alpha value is -2.26. The highest BCUT2D eigenvalue weighted by Gasteiger charge is 2.18. The normalized spacial score (nSPS) is 16.3. The van der Waals surface area contributed by atoms with Gasteiger partial charge in [-0.3, -0.25) is 4.72 Å². The van der Waals surface area contributed by atoms with Crippen molar-refractivity contribution in [2.24, 2.45) is 0 Å². The van der Waals surface area contributed by atoms with Crippen LogP contribution in [0.4, 0.5) is 20.3 Å². The van der Waals surface area contributed by atoms with Crippen LogP contribution < -0.4 is 9.62 Å². The minimum Gasteiger partial charge on any atom is -0.355 e. The Balaban J connectivity index is 1.76. The number of hydrogen-bond acceptors (Lipinski definition) is 5. The summed E-state index contributed by atoms with van der Waals surface area (Å²) in [4.78, 5) is 8.52. The molecule has 0 radical (unpaired) electrons. The fourth-order valence-corrected chi connectivity index (χ4v) is 3.81. The van der Waals surface area contributed by atoms with Gasteiger partial charge in [0, 0.05) is 31.9 Å². The molecule has 0 bridgehead atoms. The largest absolute Gasteiger partial charge is 0.355 e. The average molecular weight is 382 g/mol. The highest BCUT2D eigenvalue weighted by Crippen LogP contribution is 2.20. The first-order valence-electron chi connectivity index (χ1n) is 8.22. The van der Waals surface area contributed by atoms with Crippen LogP contribution in [-0.2, 0) is 10.0 Å². The average Bonchev–Trinajstić information content (AvgIpc) is 2.78. The molecule has 1 fully saturated rings. The van der Waals surface area contributed by atoms with Crippen LogP contribution in [0.5, 0.6) is 0 Å². The number of likely N-dealkylation sites (N-methyl/N-ethyl adjacent to an activating group) is 1. The smallest absolute Gasteiger partial charge is 0.263 e. The van der Waals surface area contributed by atoms with Crippen molar-refractivity contribution in [1.82, 2.24) is 9.88 Å². The second-order valence-corrected chi connectivity index (χ2v) is 7.94. The third-order valence-corrected chi connectivity index (χ3v) is 5.56. The van der Waals surface area contributed by atoms with Crippen LogP contribution in [0.2, 0.25) is 0 Å². The summed E-state index contributed by atoms with van der Waals surface area (Å²) in [6, 6.07) is 5.58. The molecule has 0 atom stereocenters. The maximum Gasteiger partial charge on any atom is 0.263 e. The lowest BCUT2D eigenvalue weighted by molar-refractivity contribution is 0.360. The number of sulfonamides is 1. The number of pyridine rings is 1. The molecule has 0 unspecified atom stereocenters. The second kappa shape index (κ2) is 7.55. The number of anilines is 2. The van der Waals surface area contributed by atoms with E-state index in [4.69, 9.17) is 0 Å². The standard InChI is InChI=1S/C17H20F2N4O2S/c1-22-5-2-6-23(8-7-22)17-4-3-16(12-20-17)26(24,25)21-15-10-13(18)9-14(19)11-15/h3-4,9-12,21H,2,5-8H2,1H3. The fraction of sp³-hybridized carbons (Fsp3) is 0.353. The van der Waals surface area contributed by atoms with Crippen LogP contribution in [0.3, 0.4) is 0 Å². The quantitative estimate of drug-likeness (QED) is 0.879. The predicted molar refractivity (Wildman–Crippen MR) is 95.7 cm³/mol. The third kappa shape index (κ3) is 4.47. The van der Waals surface area contributed by atoms with E-state index in [9.17, 15) is 17.2 Å². The third-order valence-electron chi connectivity index (χ3n) is 4.19. The Bertz CT molecular complexity index is 855. The molecule has 1 aliphatic rings. The van der Waals surface area contributed by atoms with Crippen molar-refractivity contribution in [2.45, 2.75) is 11.3 Å². The lowest BCUT2D eigenvalue weighted by atomic mass is 10.3. The van der Waals surface area contributed by atoms with Gasteiger partial charge in [0.1, 0.15) is 22.3 Å². The summed E-state index contributed by atoms with van der Waals surface area (Å²) in [6.45, 7) is 3.59. The van der Waals surface area contributed by atoms with E-state index in [1.165, 1.54) is 12.3 Å². The molecule has 140 valence electrons. The topological polar surface area (TPSA) is 65.5 Å². The molecule has 1 saturated heterocycles. The summed E-state index contributed by atoms with van der Waals surface area (Å²) in [7, 11) is -1.92. The van der Waals surface area contributed by atoms with E-state index in [0.717, 1.165) is 44.7 Å². The van der Waals surface area contributed by atoms with Gasteiger partial charge < -0.3 is 9.80 Å². The van der Waals surface area contributed by atoms with Crippen molar-refractivity contribution in [3.05, 3.63) is 48.2 Å². The van der Waals surface area contributed by atoms with Gasteiger partial charge in [-0.2, -0.15) is 0 Å². The Morgan fingerprint density at radius 1 is 1.04 bits per heavy atom. The van der Waals surface area contributed by atoms with Gasteiger partial charge in [-0.15, -0.1) is 0 Å². The fourth-order valence-electron chi connectivity index (χ4n) is 2.82. The number of halogens is 2. The van der Waals surface area contributed by atoms with Crippen LogP contribution in [0.25, 0.3) is 0 Å². The molecule has 1 aromatic heterocycles. The predicted octanol–water partition coefficient (Wildman–Crippen LogP) is 2.30. The van der Waals surface area contributed by atoms with Gasteiger partial charge in [-0.1, -0.05) is 0 Å². The van der Waals surface area contributed by atoms with E-state index in [0.29, 0.717) is 11.9 Å².